The molecule has 0 fully saturated rings. The van der Waals surface area contributed by atoms with Crippen LogP contribution in [-0.4, -0.2) is 29.2 Å². The molecule has 19 heavy (non-hydrogen) atoms. The summed E-state index contributed by atoms with van der Waals surface area (Å²) < 4.78 is 53.3. The largest absolute Gasteiger partial charge is 0.495 e. The second-order valence-corrected chi connectivity index (χ2v) is 7.90. The third-order valence-corrected chi connectivity index (χ3v) is 5.03. The summed E-state index contributed by atoms with van der Waals surface area (Å²) in [5, 5.41) is 4.32. The highest BCUT2D eigenvalue weighted by atomic mass is 32.2. The Morgan fingerprint density at radius 1 is 1.21 bits per heavy atom. The minimum Gasteiger partial charge on any atom is -0.495 e. The van der Waals surface area contributed by atoms with Gasteiger partial charge in [-0.15, -0.1) is 0 Å². The van der Waals surface area contributed by atoms with Crippen LogP contribution in [0.25, 0.3) is 0 Å². The number of hydrogen-bond acceptors (Lipinski definition) is 5. The number of methoxy groups -OCH3 is 1. The molecule has 0 saturated heterocycles. The molecular formula is C10H16N2O5S2. The maximum atomic E-state index is 11.8. The Labute approximate surface area is 112 Å². The molecule has 0 saturated carbocycles. The molecule has 0 atom stereocenters. The average molecular weight is 308 g/mol. The number of nitrogens with one attached hydrogen (secondary N) is 1. The number of ether oxygens (including phenoxy) is 1. The van der Waals surface area contributed by atoms with Crippen molar-refractivity contribution in [1.82, 2.24) is 0 Å². The van der Waals surface area contributed by atoms with Crippen LogP contribution in [0.1, 0.15) is 13.8 Å². The van der Waals surface area contributed by atoms with E-state index >= 15 is 0 Å². The average Bonchev–Trinajstić information content (AvgIpc) is 2.27. The first-order valence-corrected chi connectivity index (χ1v) is 8.39. The van der Waals surface area contributed by atoms with Crippen molar-refractivity contribution >= 4 is 25.7 Å². The van der Waals surface area contributed by atoms with E-state index in [1.54, 1.807) is 0 Å². The van der Waals surface area contributed by atoms with E-state index in [2.05, 4.69) is 4.72 Å². The van der Waals surface area contributed by atoms with Gasteiger partial charge in [-0.2, -0.15) is 0 Å². The van der Waals surface area contributed by atoms with Gasteiger partial charge in [0, 0.05) is 0 Å². The van der Waals surface area contributed by atoms with Crippen LogP contribution in [0.2, 0.25) is 0 Å². The molecule has 0 aliphatic heterocycles. The normalized spacial score (nSPS) is 12.5. The van der Waals surface area contributed by atoms with Gasteiger partial charge in [0.2, 0.25) is 20.0 Å². The van der Waals surface area contributed by atoms with Crippen LogP contribution in [0.15, 0.2) is 23.1 Å². The lowest BCUT2D eigenvalue weighted by molar-refractivity contribution is 0.416. The quantitative estimate of drug-likeness (QED) is 0.821. The molecule has 0 aromatic heterocycles. The van der Waals surface area contributed by atoms with E-state index in [0.717, 1.165) is 6.07 Å². The van der Waals surface area contributed by atoms with Crippen molar-refractivity contribution in [1.29, 1.82) is 0 Å². The van der Waals surface area contributed by atoms with Crippen LogP contribution < -0.4 is 14.6 Å². The summed E-state index contributed by atoms with van der Waals surface area (Å²) >= 11 is 0. The molecule has 3 N–H and O–H groups in total. The van der Waals surface area contributed by atoms with E-state index in [-0.39, 0.29) is 16.3 Å². The van der Waals surface area contributed by atoms with Crippen LogP contribution in [-0.2, 0) is 20.0 Å². The first-order chi connectivity index (χ1) is 8.58. The predicted molar refractivity (Wildman–Crippen MR) is 72.0 cm³/mol. The fourth-order valence-electron chi connectivity index (χ4n) is 1.21. The van der Waals surface area contributed by atoms with Crippen molar-refractivity contribution in [3.8, 4) is 5.75 Å². The third kappa shape index (κ3) is 3.82. The first-order valence-electron chi connectivity index (χ1n) is 5.30. The fourth-order valence-corrected chi connectivity index (χ4v) is 2.46. The van der Waals surface area contributed by atoms with Gasteiger partial charge in [-0.25, -0.2) is 22.0 Å². The van der Waals surface area contributed by atoms with Crippen LogP contribution in [0, 0.1) is 0 Å². The number of rotatable bonds is 5. The maximum absolute atomic E-state index is 11.8. The minimum absolute atomic E-state index is 0.0303. The Morgan fingerprint density at radius 3 is 2.21 bits per heavy atom. The van der Waals surface area contributed by atoms with Crippen molar-refractivity contribution in [3.05, 3.63) is 18.2 Å². The summed E-state index contributed by atoms with van der Waals surface area (Å²) in [6, 6.07) is 3.69. The molecule has 0 aliphatic carbocycles. The van der Waals surface area contributed by atoms with Gasteiger partial charge in [0.15, 0.2) is 0 Å². The van der Waals surface area contributed by atoms with Gasteiger partial charge >= 0.3 is 0 Å². The van der Waals surface area contributed by atoms with E-state index in [4.69, 9.17) is 9.88 Å². The highest BCUT2D eigenvalue weighted by Gasteiger charge is 2.19. The zero-order valence-electron chi connectivity index (χ0n) is 10.7. The second kappa shape index (κ2) is 5.35. The molecule has 1 aromatic rings. The van der Waals surface area contributed by atoms with Gasteiger partial charge in [0.25, 0.3) is 0 Å². The molecule has 0 heterocycles. The van der Waals surface area contributed by atoms with Gasteiger partial charge in [-0.05, 0) is 32.0 Å². The molecular weight excluding hydrogens is 292 g/mol. The predicted octanol–water partition coefficient (Wildman–Crippen LogP) is 0.493. The maximum Gasteiger partial charge on any atom is 0.238 e. The lowest BCUT2D eigenvalue weighted by Crippen LogP contribution is -2.23. The zero-order chi connectivity index (χ0) is 14.8. The first kappa shape index (κ1) is 15.7. The van der Waals surface area contributed by atoms with Gasteiger partial charge in [-0.3, -0.25) is 4.72 Å². The summed E-state index contributed by atoms with van der Waals surface area (Å²) in [7, 11) is -6.18. The van der Waals surface area contributed by atoms with Crippen molar-refractivity contribution < 1.29 is 21.6 Å². The van der Waals surface area contributed by atoms with Crippen LogP contribution in [0.5, 0.6) is 5.75 Å². The summed E-state index contributed by atoms with van der Waals surface area (Å²) in [5.41, 5.74) is 0.0303. The summed E-state index contributed by atoms with van der Waals surface area (Å²) in [4.78, 5) is -0.199. The highest BCUT2D eigenvalue weighted by Crippen LogP contribution is 2.28. The summed E-state index contributed by atoms with van der Waals surface area (Å²) in [6.07, 6.45) is 0. The number of sulfonamides is 2. The monoisotopic (exact) mass is 308 g/mol. The van der Waals surface area contributed by atoms with Crippen molar-refractivity contribution in [2.24, 2.45) is 5.14 Å². The number of primary sulfonamides is 1. The number of nitrogens with two attached hydrogens (primary N) is 1. The molecule has 0 bridgehead atoms. The molecule has 108 valence electrons. The van der Waals surface area contributed by atoms with E-state index in [9.17, 15) is 16.8 Å². The smallest absolute Gasteiger partial charge is 0.238 e. The Morgan fingerprint density at radius 2 is 1.79 bits per heavy atom. The Hall–Kier alpha value is -1.32. The van der Waals surface area contributed by atoms with E-state index < -0.39 is 25.3 Å². The Bertz CT molecular complexity index is 665. The fraction of sp³-hybridized carbons (Fsp3) is 0.400. The number of anilines is 1. The van der Waals surface area contributed by atoms with Crippen molar-refractivity contribution in [3.63, 3.8) is 0 Å². The summed E-state index contributed by atoms with van der Waals surface area (Å²) in [5.74, 6) is 0.205. The summed E-state index contributed by atoms with van der Waals surface area (Å²) in [6.45, 7) is 3.00. The van der Waals surface area contributed by atoms with E-state index in [0.29, 0.717) is 0 Å². The zero-order valence-corrected chi connectivity index (χ0v) is 12.4. The van der Waals surface area contributed by atoms with Gasteiger partial charge in [0.05, 0.1) is 22.9 Å². The Balaban J connectivity index is 3.33. The lowest BCUT2D eigenvalue weighted by atomic mass is 10.3. The van der Waals surface area contributed by atoms with Crippen molar-refractivity contribution in [2.45, 2.75) is 24.0 Å². The van der Waals surface area contributed by atoms with Gasteiger partial charge in [0.1, 0.15) is 5.75 Å². The number of benzene rings is 1. The standard InChI is InChI=1S/C10H16N2O5S2/c1-7(2)19(15,16)12-9-6-8(18(11,13)14)4-5-10(9)17-3/h4-7,12H,1-3H3,(H2,11,13,14). The molecule has 7 nitrogen and oxygen atoms in total. The molecule has 9 heteroatoms. The van der Waals surface area contributed by atoms with Gasteiger partial charge < -0.3 is 4.74 Å². The molecule has 0 aliphatic rings. The van der Waals surface area contributed by atoms with Crippen LogP contribution in [0.4, 0.5) is 5.69 Å². The lowest BCUT2D eigenvalue weighted by Gasteiger charge is -2.14. The van der Waals surface area contributed by atoms with E-state index in [1.165, 1.54) is 33.1 Å². The third-order valence-electron chi connectivity index (χ3n) is 2.37. The SMILES string of the molecule is COc1ccc(S(N)(=O)=O)cc1NS(=O)(=O)C(C)C. The van der Waals surface area contributed by atoms with E-state index in [1.807, 2.05) is 0 Å². The minimum atomic E-state index is -3.92. The molecule has 1 aromatic carbocycles. The van der Waals surface area contributed by atoms with Crippen LogP contribution in [0.3, 0.4) is 0 Å². The van der Waals surface area contributed by atoms with Crippen LogP contribution >= 0.6 is 0 Å². The molecule has 0 radical (unpaired) electrons. The molecule has 0 unspecified atom stereocenters. The highest BCUT2D eigenvalue weighted by molar-refractivity contribution is 7.93. The molecule has 0 spiro atoms. The van der Waals surface area contributed by atoms with Crippen molar-refractivity contribution in [2.75, 3.05) is 11.8 Å². The number of hydrogen-bond donors (Lipinski definition) is 2. The topological polar surface area (TPSA) is 116 Å². The molecule has 0 amide bonds. The second-order valence-electron chi connectivity index (χ2n) is 4.10. The Kier molecular flexibility index (Phi) is 4.43. The van der Waals surface area contributed by atoms with Gasteiger partial charge in [-0.1, -0.05) is 0 Å². The molecule has 1 rings (SSSR count).